The van der Waals surface area contributed by atoms with E-state index in [2.05, 4.69) is 0 Å². The Morgan fingerprint density at radius 3 is 2.70 bits per heavy atom. The molecule has 27 heavy (non-hydrogen) atoms. The average Bonchev–Trinajstić information content (AvgIpc) is 2.95. The van der Waals surface area contributed by atoms with Crippen LogP contribution in [0.1, 0.15) is 27.0 Å². The number of allylic oxidation sites excluding steroid dienone is 1. The average molecular weight is 377 g/mol. The molecule has 0 saturated carbocycles. The van der Waals surface area contributed by atoms with Crippen molar-refractivity contribution < 1.29 is 14.3 Å². The number of rotatable bonds is 4. The summed E-state index contributed by atoms with van der Waals surface area (Å²) in [7, 11) is 0. The van der Waals surface area contributed by atoms with Crippen molar-refractivity contribution in [2.45, 2.75) is 13.5 Å². The van der Waals surface area contributed by atoms with E-state index in [1.807, 2.05) is 55.5 Å². The van der Waals surface area contributed by atoms with Crippen molar-refractivity contribution in [2.75, 3.05) is 0 Å². The quantitative estimate of drug-likeness (QED) is 0.536. The maximum Gasteiger partial charge on any atom is 0.231 e. The summed E-state index contributed by atoms with van der Waals surface area (Å²) in [6.07, 6.45) is 1.77. The third-order valence-electron chi connectivity index (χ3n) is 4.28. The summed E-state index contributed by atoms with van der Waals surface area (Å²) in [5.74, 6) is 1.36. The molecule has 4 heteroatoms. The number of Topliss-reactive ketones (excluding diaryl/α,β-unsaturated/α-hetero) is 1. The monoisotopic (exact) mass is 376 g/mol. The standard InChI is InChI=1S/C23H17ClO3/c1-15-4-2-5-16(10-15)12-22-23(25)20-9-8-19(13-21(20)27-22)26-14-17-6-3-7-18(24)11-17/h2-13H,14H2,1H3/b22-12-. The first-order chi connectivity index (χ1) is 13.1. The zero-order valence-corrected chi connectivity index (χ0v) is 15.5. The number of carbonyl (C=O) groups is 1. The van der Waals surface area contributed by atoms with Crippen LogP contribution in [0.5, 0.6) is 11.5 Å². The van der Waals surface area contributed by atoms with Crippen molar-refractivity contribution in [3.8, 4) is 11.5 Å². The molecular weight excluding hydrogens is 360 g/mol. The Morgan fingerprint density at radius 2 is 1.89 bits per heavy atom. The van der Waals surface area contributed by atoms with Crippen molar-refractivity contribution in [2.24, 2.45) is 0 Å². The molecular formula is C23H17ClO3. The molecule has 0 bridgehead atoms. The molecule has 3 aromatic rings. The van der Waals surface area contributed by atoms with E-state index >= 15 is 0 Å². The lowest BCUT2D eigenvalue weighted by atomic mass is 10.1. The van der Waals surface area contributed by atoms with E-state index in [0.29, 0.717) is 34.5 Å². The lowest BCUT2D eigenvalue weighted by molar-refractivity contribution is 0.101. The number of hydrogen-bond acceptors (Lipinski definition) is 3. The van der Waals surface area contributed by atoms with Crippen molar-refractivity contribution in [3.63, 3.8) is 0 Å². The second-order valence-electron chi connectivity index (χ2n) is 6.43. The van der Waals surface area contributed by atoms with Gasteiger partial charge in [0.2, 0.25) is 5.78 Å². The minimum atomic E-state index is -0.118. The maximum absolute atomic E-state index is 12.6. The predicted octanol–water partition coefficient (Wildman–Crippen LogP) is 5.84. The SMILES string of the molecule is Cc1cccc(/C=C2\Oc3cc(OCc4cccc(Cl)c4)ccc3C2=O)c1. The zero-order chi connectivity index (χ0) is 18.8. The highest BCUT2D eigenvalue weighted by Gasteiger charge is 2.27. The molecule has 1 aliphatic heterocycles. The van der Waals surface area contributed by atoms with Crippen LogP contribution in [-0.4, -0.2) is 5.78 Å². The first-order valence-corrected chi connectivity index (χ1v) is 8.98. The van der Waals surface area contributed by atoms with Crippen molar-refractivity contribution >= 4 is 23.5 Å². The Hall–Kier alpha value is -3.04. The fraction of sp³-hybridized carbons (Fsp3) is 0.0870. The molecule has 0 aliphatic carbocycles. The van der Waals surface area contributed by atoms with Gasteiger partial charge in [-0.2, -0.15) is 0 Å². The van der Waals surface area contributed by atoms with E-state index in [1.54, 1.807) is 24.3 Å². The highest BCUT2D eigenvalue weighted by Crippen LogP contribution is 2.35. The van der Waals surface area contributed by atoms with Crippen LogP contribution in [0.3, 0.4) is 0 Å². The van der Waals surface area contributed by atoms with Gasteiger partial charge in [0, 0.05) is 11.1 Å². The molecule has 0 N–H and O–H groups in total. The van der Waals surface area contributed by atoms with Crippen LogP contribution in [0.25, 0.3) is 6.08 Å². The number of carbonyl (C=O) groups excluding carboxylic acids is 1. The van der Waals surface area contributed by atoms with Gasteiger partial charge in [-0.3, -0.25) is 4.79 Å². The van der Waals surface area contributed by atoms with E-state index < -0.39 is 0 Å². The topological polar surface area (TPSA) is 35.5 Å². The Kier molecular flexibility index (Phi) is 4.69. The third-order valence-corrected chi connectivity index (χ3v) is 4.51. The number of benzene rings is 3. The van der Waals surface area contributed by atoms with Gasteiger partial charge in [-0.1, -0.05) is 53.6 Å². The summed E-state index contributed by atoms with van der Waals surface area (Å²) in [5, 5.41) is 0.671. The molecule has 134 valence electrons. The zero-order valence-electron chi connectivity index (χ0n) is 14.7. The minimum absolute atomic E-state index is 0.118. The van der Waals surface area contributed by atoms with Gasteiger partial charge in [-0.25, -0.2) is 0 Å². The van der Waals surface area contributed by atoms with Crippen molar-refractivity contribution in [1.29, 1.82) is 0 Å². The normalized spacial score (nSPS) is 14.1. The molecule has 1 aliphatic rings. The first-order valence-electron chi connectivity index (χ1n) is 8.61. The first kappa shape index (κ1) is 17.4. The van der Waals surface area contributed by atoms with E-state index in [-0.39, 0.29) is 5.78 Å². The number of ketones is 1. The number of aryl methyl sites for hydroxylation is 1. The van der Waals surface area contributed by atoms with Gasteiger partial charge in [-0.05, 0) is 48.4 Å². The van der Waals surface area contributed by atoms with E-state index in [4.69, 9.17) is 21.1 Å². The van der Waals surface area contributed by atoms with E-state index in [9.17, 15) is 4.79 Å². The third kappa shape index (κ3) is 3.88. The largest absolute Gasteiger partial charge is 0.489 e. The molecule has 4 rings (SSSR count). The van der Waals surface area contributed by atoms with Crippen LogP contribution < -0.4 is 9.47 Å². The number of hydrogen-bond donors (Lipinski definition) is 0. The smallest absolute Gasteiger partial charge is 0.231 e. The fourth-order valence-corrected chi connectivity index (χ4v) is 3.17. The molecule has 3 nitrogen and oxygen atoms in total. The second kappa shape index (κ2) is 7.29. The summed E-state index contributed by atoms with van der Waals surface area (Å²) in [5.41, 5.74) is 3.58. The molecule has 0 unspecified atom stereocenters. The van der Waals surface area contributed by atoms with E-state index in [0.717, 1.165) is 16.7 Å². The van der Waals surface area contributed by atoms with Gasteiger partial charge in [-0.15, -0.1) is 0 Å². The number of fused-ring (bicyclic) bond motifs is 1. The van der Waals surface area contributed by atoms with Crippen LogP contribution in [0.4, 0.5) is 0 Å². The van der Waals surface area contributed by atoms with Crippen LogP contribution in [0.2, 0.25) is 5.02 Å². The number of ether oxygens (including phenoxy) is 2. The predicted molar refractivity (Wildman–Crippen MR) is 106 cm³/mol. The van der Waals surface area contributed by atoms with Crippen molar-refractivity contribution in [1.82, 2.24) is 0 Å². The minimum Gasteiger partial charge on any atom is -0.489 e. The molecule has 0 atom stereocenters. The molecule has 0 aromatic heterocycles. The molecule has 0 saturated heterocycles. The van der Waals surface area contributed by atoms with Gasteiger partial charge < -0.3 is 9.47 Å². The van der Waals surface area contributed by atoms with Gasteiger partial charge >= 0.3 is 0 Å². The number of halogens is 1. The van der Waals surface area contributed by atoms with Gasteiger partial charge in [0.1, 0.15) is 18.1 Å². The van der Waals surface area contributed by atoms with Crippen LogP contribution in [-0.2, 0) is 6.61 Å². The van der Waals surface area contributed by atoms with Crippen LogP contribution >= 0.6 is 11.6 Å². The Balaban J connectivity index is 1.52. The molecule has 0 spiro atoms. The summed E-state index contributed by atoms with van der Waals surface area (Å²) < 4.78 is 11.6. The van der Waals surface area contributed by atoms with Gasteiger partial charge in [0.05, 0.1) is 5.56 Å². The lowest BCUT2D eigenvalue weighted by Gasteiger charge is -2.07. The Bertz CT molecular complexity index is 1050. The van der Waals surface area contributed by atoms with Gasteiger partial charge in [0.15, 0.2) is 5.76 Å². The maximum atomic E-state index is 12.6. The molecule has 1 heterocycles. The Morgan fingerprint density at radius 1 is 1.04 bits per heavy atom. The molecule has 0 radical (unpaired) electrons. The second-order valence-corrected chi connectivity index (χ2v) is 6.87. The van der Waals surface area contributed by atoms with E-state index in [1.165, 1.54) is 0 Å². The fourth-order valence-electron chi connectivity index (χ4n) is 2.96. The Labute approximate surface area is 162 Å². The molecule has 3 aromatic carbocycles. The van der Waals surface area contributed by atoms with Crippen molar-refractivity contribution in [3.05, 3.63) is 99.8 Å². The van der Waals surface area contributed by atoms with Crippen LogP contribution in [0, 0.1) is 6.92 Å². The van der Waals surface area contributed by atoms with Crippen LogP contribution in [0.15, 0.2) is 72.5 Å². The molecule has 0 fully saturated rings. The highest BCUT2D eigenvalue weighted by atomic mass is 35.5. The summed E-state index contributed by atoms with van der Waals surface area (Å²) in [6, 6.07) is 20.7. The summed E-state index contributed by atoms with van der Waals surface area (Å²) in [4.78, 5) is 12.6. The lowest BCUT2D eigenvalue weighted by Crippen LogP contribution is -1.98. The highest BCUT2D eigenvalue weighted by molar-refractivity contribution is 6.30. The molecule has 0 amide bonds. The summed E-state index contributed by atoms with van der Waals surface area (Å²) >= 11 is 5.99. The summed E-state index contributed by atoms with van der Waals surface area (Å²) in [6.45, 7) is 2.40. The van der Waals surface area contributed by atoms with Gasteiger partial charge in [0.25, 0.3) is 0 Å².